The second-order valence-electron chi connectivity index (χ2n) is 7.77. The Morgan fingerprint density at radius 1 is 1.21 bits per heavy atom. The molecule has 0 bridgehead atoms. The molecule has 0 unspecified atom stereocenters. The molecule has 1 saturated carbocycles. The Morgan fingerprint density at radius 3 is 2.45 bits per heavy atom. The standard InChI is InChI=1S/C20H28N4O4S/c1-14-3-9-17(10-4-14)29(27,28)24-12-11-22-20(26)18(24)13-19(25)23(2)16-7-5-15(21)6-8-16/h3-4,9-12,15-16,18H,5-8,13,21H2,1-2H3,(H,22,26)/t15-,16-,18-/m1/s1. The van der Waals surface area contributed by atoms with Crippen LogP contribution in [0.2, 0.25) is 0 Å². The van der Waals surface area contributed by atoms with Gasteiger partial charge in [0.2, 0.25) is 11.8 Å². The van der Waals surface area contributed by atoms with Gasteiger partial charge in [-0.15, -0.1) is 0 Å². The molecule has 158 valence electrons. The maximum absolute atomic E-state index is 13.1. The molecule has 0 saturated heterocycles. The molecule has 0 aromatic heterocycles. The topological polar surface area (TPSA) is 113 Å². The lowest BCUT2D eigenvalue weighted by atomic mass is 9.90. The van der Waals surface area contributed by atoms with Crippen LogP contribution in [0.15, 0.2) is 41.6 Å². The summed E-state index contributed by atoms with van der Waals surface area (Å²) in [5.41, 5.74) is 6.86. The van der Waals surface area contributed by atoms with Gasteiger partial charge in [-0.25, -0.2) is 8.42 Å². The van der Waals surface area contributed by atoms with E-state index in [0.29, 0.717) is 0 Å². The van der Waals surface area contributed by atoms with E-state index in [1.54, 1.807) is 24.1 Å². The molecule has 0 radical (unpaired) electrons. The fourth-order valence-electron chi connectivity index (χ4n) is 3.77. The number of sulfonamides is 1. The third-order valence-electron chi connectivity index (χ3n) is 5.70. The molecular formula is C20H28N4O4S. The van der Waals surface area contributed by atoms with Gasteiger partial charge >= 0.3 is 0 Å². The molecule has 1 aliphatic carbocycles. The van der Waals surface area contributed by atoms with Crippen molar-refractivity contribution in [1.82, 2.24) is 14.5 Å². The first-order chi connectivity index (χ1) is 13.7. The Hall–Kier alpha value is -2.39. The average Bonchev–Trinajstić information content (AvgIpc) is 2.69. The van der Waals surface area contributed by atoms with E-state index in [4.69, 9.17) is 5.73 Å². The molecule has 2 amide bonds. The summed E-state index contributed by atoms with van der Waals surface area (Å²) in [5, 5.41) is 2.51. The molecule has 1 aliphatic heterocycles. The van der Waals surface area contributed by atoms with E-state index in [2.05, 4.69) is 5.32 Å². The second-order valence-corrected chi connectivity index (χ2v) is 9.61. The van der Waals surface area contributed by atoms with Crippen LogP contribution in [-0.4, -0.2) is 54.6 Å². The number of nitrogens with one attached hydrogen (secondary N) is 1. The second kappa shape index (κ2) is 8.54. The first-order valence-corrected chi connectivity index (χ1v) is 11.2. The van der Waals surface area contributed by atoms with Crippen LogP contribution in [0.4, 0.5) is 0 Å². The van der Waals surface area contributed by atoms with Gasteiger partial charge in [0.15, 0.2) is 0 Å². The number of hydrogen-bond donors (Lipinski definition) is 2. The summed E-state index contributed by atoms with van der Waals surface area (Å²) in [6.45, 7) is 1.86. The summed E-state index contributed by atoms with van der Waals surface area (Å²) >= 11 is 0. The molecule has 9 heteroatoms. The lowest BCUT2D eigenvalue weighted by Gasteiger charge is -2.36. The van der Waals surface area contributed by atoms with Crippen LogP contribution in [0.1, 0.15) is 37.7 Å². The Balaban J connectivity index is 1.78. The molecule has 0 spiro atoms. The van der Waals surface area contributed by atoms with Crippen molar-refractivity contribution in [1.29, 1.82) is 0 Å². The zero-order valence-corrected chi connectivity index (χ0v) is 17.6. The first kappa shape index (κ1) is 21.3. The summed E-state index contributed by atoms with van der Waals surface area (Å²) in [4.78, 5) is 27.0. The van der Waals surface area contributed by atoms with E-state index in [0.717, 1.165) is 35.6 Å². The minimum Gasteiger partial charge on any atom is -0.343 e. The SMILES string of the molecule is Cc1ccc(S(=O)(=O)N2C=CNC(=O)[C@H]2CC(=O)N(C)[C@H]2CC[C@H](N)CC2)cc1. The van der Waals surface area contributed by atoms with Crippen molar-refractivity contribution in [2.45, 2.75) is 62.0 Å². The smallest absolute Gasteiger partial charge is 0.264 e. The van der Waals surface area contributed by atoms with Crippen molar-refractivity contribution in [2.75, 3.05) is 7.05 Å². The van der Waals surface area contributed by atoms with Crippen molar-refractivity contribution in [2.24, 2.45) is 5.73 Å². The monoisotopic (exact) mass is 420 g/mol. The third-order valence-corrected chi connectivity index (χ3v) is 7.50. The molecule has 1 aromatic carbocycles. The third kappa shape index (κ3) is 4.62. The van der Waals surface area contributed by atoms with Crippen molar-refractivity contribution >= 4 is 21.8 Å². The van der Waals surface area contributed by atoms with Crippen molar-refractivity contribution in [3.63, 3.8) is 0 Å². The first-order valence-electron chi connectivity index (χ1n) is 9.78. The van der Waals surface area contributed by atoms with Crippen LogP contribution in [-0.2, 0) is 19.6 Å². The van der Waals surface area contributed by atoms with Crippen LogP contribution in [0, 0.1) is 6.92 Å². The fourth-order valence-corrected chi connectivity index (χ4v) is 5.22. The zero-order valence-electron chi connectivity index (χ0n) is 16.7. The minimum atomic E-state index is -3.97. The summed E-state index contributed by atoms with van der Waals surface area (Å²) in [7, 11) is -2.26. The fraction of sp³-hybridized carbons (Fsp3) is 0.500. The summed E-state index contributed by atoms with van der Waals surface area (Å²) in [6.07, 6.45) is 5.68. The van der Waals surface area contributed by atoms with Crippen molar-refractivity contribution in [3.05, 3.63) is 42.2 Å². The van der Waals surface area contributed by atoms with Gasteiger partial charge in [-0.1, -0.05) is 17.7 Å². The van der Waals surface area contributed by atoms with Crippen molar-refractivity contribution < 1.29 is 18.0 Å². The number of benzene rings is 1. The van der Waals surface area contributed by atoms with Gasteiger partial charge in [0, 0.05) is 31.5 Å². The molecule has 29 heavy (non-hydrogen) atoms. The summed E-state index contributed by atoms with van der Waals surface area (Å²) in [6, 6.07) is 5.49. The lowest BCUT2D eigenvalue weighted by molar-refractivity contribution is -0.136. The average molecular weight is 421 g/mol. The van der Waals surface area contributed by atoms with E-state index >= 15 is 0 Å². The van der Waals surface area contributed by atoms with Gasteiger partial charge < -0.3 is 16.0 Å². The molecule has 2 aliphatic rings. The van der Waals surface area contributed by atoms with E-state index < -0.39 is 22.0 Å². The summed E-state index contributed by atoms with van der Waals surface area (Å²) < 4.78 is 27.2. The van der Waals surface area contributed by atoms with Crippen molar-refractivity contribution in [3.8, 4) is 0 Å². The van der Waals surface area contributed by atoms with Gasteiger partial charge in [0.1, 0.15) is 6.04 Å². The highest BCUT2D eigenvalue weighted by atomic mass is 32.2. The van der Waals surface area contributed by atoms with E-state index in [1.165, 1.54) is 24.5 Å². The van der Waals surface area contributed by atoms with Gasteiger partial charge in [-0.2, -0.15) is 0 Å². The number of carbonyl (C=O) groups is 2. The van der Waals surface area contributed by atoms with Crippen LogP contribution < -0.4 is 11.1 Å². The lowest BCUT2D eigenvalue weighted by Crippen LogP contribution is -2.52. The molecule has 3 N–H and O–H groups in total. The number of hydrogen-bond acceptors (Lipinski definition) is 5. The predicted octanol–water partition coefficient (Wildman–Crippen LogP) is 1.07. The number of nitrogens with zero attached hydrogens (tertiary/aromatic N) is 2. The van der Waals surface area contributed by atoms with E-state index in [1.807, 2.05) is 6.92 Å². The number of aryl methyl sites for hydroxylation is 1. The molecule has 1 heterocycles. The molecule has 1 atom stereocenters. The van der Waals surface area contributed by atoms with Crippen LogP contribution >= 0.6 is 0 Å². The molecule has 8 nitrogen and oxygen atoms in total. The molecule has 3 rings (SSSR count). The molecule has 1 fully saturated rings. The quantitative estimate of drug-likeness (QED) is 0.740. The van der Waals surface area contributed by atoms with Crippen LogP contribution in [0.5, 0.6) is 0 Å². The number of carbonyl (C=O) groups excluding carboxylic acids is 2. The highest BCUT2D eigenvalue weighted by molar-refractivity contribution is 7.89. The largest absolute Gasteiger partial charge is 0.343 e. The van der Waals surface area contributed by atoms with Gasteiger partial charge in [0.05, 0.1) is 11.3 Å². The number of amides is 2. The van der Waals surface area contributed by atoms with Gasteiger partial charge in [-0.05, 0) is 44.7 Å². The van der Waals surface area contributed by atoms with Crippen LogP contribution in [0.3, 0.4) is 0 Å². The Kier molecular flexibility index (Phi) is 6.28. The number of nitrogens with two attached hydrogens (primary N) is 1. The number of rotatable bonds is 5. The van der Waals surface area contributed by atoms with E-state index in [-0.39, 0.29) is 29.3 Å². The molecule has 1 aromatic rings. The molecular weight excluding hydrogens is 392 g/mol. The normalized spacial score (nSPS) is 24.9. The maximum Gasteiger partial charge on any atom is 0.264 e. The Morgan fingerprint density at radius 2 is 1.83 bits per heavy atom. The van der Waals surface area contributed by atoms with Crippen LogP contribution in [0.25, 0.3) is 0 Å². The summed E-state index contributed by atoms with van der Waals surface area (Å²) in [5.74, 6) is -0.777. The highest BCUT2D eigenvalue weighted by Gasteiger charge is 2.38. The maximum atomic E-state index is 13.1. The van der Waals surface area contributed by atoms with Gasteiger partial charge in [-0.3, -0.25) is 13.9 Å². The predicted molar refractivity (Wildman–Crippen MR) is 109 cm³/mol. The van der Waals surface area contributed by atoms with E-state index in [9.17, 15) is 18.0 Å². The Bertz CT molecular complexity index is 890. The zero-order chi connectivity index (χ0) is 21.2. The Labute approximate surface area is 171 Å². The van der Waals surface area contributed by atoms with Gasteiger partial charge in [0.25, 0.3) is 10.0 Å². The highest BCUT2D eigenvalue weighted by Crippen LogP contribution is 2.25. The minimum absolute atomic E-state index is 0.0617.